The van der Waals surface area contributed by atoms with Gasteiger partial charge in [-0.1, -0.05) is 24.3 Å². The summed E-state index contributed by atoms with van der Waals surface area (Å²) in [6.45, 7) is 1.94. The van der Waals surface area contributed by atoms with E-state index in [2.05, 4.69) is 34.1 Å². The molecule has 3 heteroatoms. The van der Waals surface area contributed by atoms with Gasteiger partial charge in [0.15, 0.2) is 0 Å². The van der Waals surface area contributed by atoms with Crippen LogP contribution in [0.5, 0.6) is 0 Å². The third-order valence-electron chi connectivity index (χ3n) is 3.77. The number of aromatic nitrogens is 2. The van der Waals surface area contributed by atoms with Gasteiger partial charge in [-0.05, 0) is 30.0 Å². The summed E-state index contributed by atoms with van der Waals surface area (Å²) >= 11 is 0. The summed E-state index contributed by atoms with van der Waals surface area (Å²) in [7, 11) is 0. The van der Waals surface area contributed by atoms with Crippen LogP contribution in [0.1, 0.15) is 35.7 Å². The fourth-order valence-corrected chi connectivity index (χ4v) is 2.57. The second kappa shape index (κ2) is 3.80. The lowest BCUT2D eigenvalue weighted by Crippen LogP contribution is -2.16. The molecule has 1 saturated carbocycles. The predicted molar refractivity (Wildman–Crippen MR) is 70.3 cm³/mol. The lowest BCUT2D eigenvalue weighted by atomic mass is 10.1. The summed E-state index contributed by atoms with van der Waals surface area (Å²) in [4.78, 5) is 11.4. The largest absolute Gasteiger partial charge is 0.348 e. The number of rotatable bonds is 2. The Morgan fingerprint density at radius 1 is 1.00 bits per heavy atom. The van der Waals surface area contributed by atoms with Gasteiger partial charge in [-0.25, -0.2) is 9.97 Å². The van der Waals surface area contributed by atoms with Crippen LogP contribution >= 0.6 is 0 Å². The van der Waals surface area contributed by atoms with Gasteiger partial charge < -0.3 is 4.90 Å². The first-order valence-electron chi connectivity index (χ1n) is 6.55. The van der Waals surface area contributed by atoms with Crippen molar-refractivity contribution in [3.63, 3.8) is 0 Å². The SMILES string of the molecule is c1ccc2c(c1)CN(c1ccnc(C3CC3)n1)C2. The molecule has 0 bridgehead atoms. The zero-order chi connectivity index (χ0) is 11.9. The highest BCUT2D eigenvalue weighted by Crippen LogP contribution is 2.38. The Hall–Kier alpha value is -1.90. The van der Waals surface area contributed by atoms with Crippen molar-refractivity contribution >= 4 is 5.82 Å². The molecule has 4 rings (SSSR count). The Kier molecular flexibility index (Phi) is 2.13. The molecule has 0 spiro atoms. The van der Waals surface area contributed by atoms with Crippen molar-refractivity contribution in [2.75, 3.05) is 4.90 Å². The molecule has 0 atom stereocenters. The molecular formula is C15H15N3. The predicted octanol–water partition coefficient (Wildman–Crippen LogP) is 2.87. The van der Waals surface area contributed by atoms with Crippen molar-refractivity contribution in [3.8, 4) is 0 Å². The number of hydrogen-bond donors (Lipinski definition) is 0. The Morgan fingerprint density at radius 3 is 2.39 bits per heavy atom. The van der Waals surface area contributed by atoms with Crippen molar-refractivity contribution < 1.29 is 0 Å². The van der Waals surface area contributed by atoms with Gasteiger partial charge in [-0.15, -0.1) is 0 Å². The molecule has 0 saturated heterocycles. The van der Waals surface area contributed by atoms with Crippen LogP contribution in [0.15, 0.2) is 36.5 Å². The van der Waals surface area contributed by atoms with Crippen molar-refractivity contribution in [3.05, 3.63) is 53.5 Å². The molecule has 2 aliphatic rings. The van der Waals surface area contributed by atoms with E-state index in [0.717, 1.165) is 24.7 Å². The Labute approximate surface area is 107 Å². The highest BCUT2D eigenvalue weighted by Gasteiger charge is 2.27. The van der Waals surface area contributed by atoms with Gasteiger partial charge >= 0.3 is 0 Å². The summed E-state index contributed by atoms with van der Waals surface area (Å²) in [5, 5.41) is 0. The molecule has 1 aliphatic heterocycles. The lowest BCUT2D eigenvalue weighted by molar-refractivity contribution is 0.825. The van der Waals surface area contributed by atoms with Gasteiger partial charge in [0.05, 0.1) is 0 Å². The molecule has 2 aromatic rings. The van der Waals surface area contributed by atoms with E-state index in [1.54, 1.807) is 0 Å². The minimum Gasteiger partial charge on any atom is -0.348 e. The van der Waals surface area contributed by atoms with Gasteiger partial charge in [0.2, 0.25) is 0 Å². The summed E-state index contributed by atoms with van der Waals surface area (Å²) in [5.74, 6) is 2.72. The first kappa shape index (κ1) is 10.1. The minimum atomic E-state index is 0.620. The number of hydrogen-bond acceptors (Lipinski definition) is 3. The van der Waals surface area contributed by atoms with Crippen LogP contribution < -0.4 is 4.90 Å². The van der Waals surface area contributed by atoms with E-state index in [1.807, 2.05) is 12.3 Å². The topological polar surface area (TPSA) is 29.0 Å². The average Bonchev–Trinajstić information content (AvgIpc) is 3.18. The third kappa shape index (κ3) is 1.67. The highest BCUT2D eigenvalue weighted by molar-refractivity contribution is 5.46. The normalized spacial score (nSPS) is 17.9. The van der Waals surface area contributed by atoms with Gasteiger partial charge in [-0.3, -0.25) is 0 Å². The van der Waals surface area contributed by atoms with E-state index in [1.165, 1.54) is 24.0 Å². The van der Waals surface area contributed by atoms with Crippen molar-refractivity contribution in [2.24, 2.45) is 0 Å². The van der Waals surface area contributed by atoms with Gasteiger partial charge in [0.1, 0.15) is 11.6 Å². The van der Waals surface area contributed by atoms with E-state index < -0.39 is 0 Å². The maximum Gasteiger partial charge on any atom is 0.133 e. The molecule has 0 radical (unpaired) electrons. The summed E-state index contributed by atoms with van der Waals surface area (Å²) in [6, 6.07) is 10.7. The third-order valence-corrected chi connectivity index (χ3v) is 3.77. The molecule has 1 aliphatic carbocycles. The van der Waals surface area contributed by atoms with Crippen molar-refractivity contribution in [2.45, 2.75) is 31.8 Å². The number of fused-ring (bicyclic) bond motifs is 1. The molecule has 90 valence electrons. The van der Waals surface area contributed by atoms with Crippen LogP contribution in [0.4, 0.5) is 5.82 Å². The Balaban J connectivity index is 1.63. The molecule has 18 heavy (non-hydrogen) atoms. The van der Waals surface area contributed by atoms with E-state index in [0.29, 0.717) is 5.92 Å². The van der Waals surface area contributed by atoms with Gasteiger partial charge in [0, 0.05) is 25.2 Å². The molecule has 0 amide bonds. The standard InChI is InChI=1S/C15H15N3/c1-2-4-13-10-18(9-12(13)3-1)14-7-8-16-15(17-14)11-5-6-11/h1-4,7-8,11H,5-6,9-10H2. The maximum atomic E-state index is 4.71. The second-order valence-electron chi connectivity index (χ2n) is 5.17. The fourth-order valence-electron chi connectivity index (χ4n) is 2.57. The molecular weight excluding hydrogens is 222 g/mol. The molecule has 0 N–H and O–H groups in total. The Morgan fingerprint density at radius 2 is 1.72 bits per heavy atom. The van der Waals surface area contributed by atoms with Crippen LogP contribution in [0.2, 0.25) is 0 Å². The maximum absolute atomic E-state index is 4.71. The van der Waals surface area contributed by atoms with E-state index in [4.69, 9.17) is 4.98 Å². The average molecular weight is 237 g/mol. The lowest BCUT2D eigenvalue weighted by Gasteiger charge is -2.16. The van der Waals surface area contributed by atoms with Crippen LogP contribution in [0.25, 0.3) is 0 Å². The highest BCUT2D eigenvalue weighted by atomic mass is 15.2. The molecule has 1 aromatic carbocycles. The van der Waals surface area contributed by atoms with Gasteiger partial charge in [-0.2, -0.15) is 0 Å². The monoisotopic (exact) mass is 237 g/mol. The van der Waals surface area contributed by atoms with Crippen molar-refractivity contribution in [1.29, 1.82) is 0 Å². The first-order chi connectivity index (χ1) is 8.90. The summed E-state index contributed by atoms with van der Waals surface area (Å²) in [5.41, 5.74) is 2.84. The van der Waals surface area contributed by atoms with Crippen LogP contribution in [0.3, 0.4) is 0 Å². The molecule has 1 aromatic heterocycles. The van der Waals surface area contributed by atoms with Crippen LogP contribution in [-0.2, 0) is 13.1 Å². The molecule has 3 nitrogen and oxygen atoms in total. The molecule has 2 heterocycles. The van der Waals surface area contributed by atoms with E-state index >= 15 is 0 Å². The number of nitrogens with zero attached hydrogens (tertiary/aromatic N) is 3. The molecule has 0 unspecified atom stereocenters. The van der Waals surface area contributed by atoms with Crippen LogP contribution in [0, 0.1) is 0 Å². The van der Waals surface area contributed by atoms with Crippen molar-refractivity contribution in [1.82, 2.24) is 9.97 Å². The number of anilines is 1. The molecule has 1 fully saturated rings. The first-order valence-corrected chi connectivity index (χ1v) is 6.55. The summed E-state index contributed by atoms with van der Waals surface area (Å²) in [6.07, 6.45) is 4.41. The van der Waals surface area contributed by atoms with Crippen LogP contribution in [-0.4, -0.2) is 9.97 Å². The zero-order valence-electron chi connectivity index (χ0n) is 10.2. The summed E-state index contributed by atoms with van der Waals surface area (Å²) < 4.78 is 0. The van der Waals surface area contributed by atoms with E-state index in [9.17, 15) is 0 Å². The van der Waals surface area contributed by atoms with E-state index in [-0.39, 0.29) is 0 Å². The fraction of sp³-hybridized carbons (Fsp3) is 0.333. The quantitative estimate of drug-likeness (QED) is 0.804. The number of benzene rings is 1. The second-order valence-corrected chi connectivity index (χ2v) is 5.17. The smallest absolute Gasteiger partial charge is 0.133 e. The zero-order valence-corrected chi connectivity index (χ0v) is 10.2. The Bertz CT molecular complexity index is 565. The minimum absolute atomic E-state index is 0.620. The van der Waals surface area contributed by atoms with Gasteiger partial charge in [0.25, 0.3) is 0 Å².